The van der Waals surface area contributed by atoms with E-state index in [0.29, 0.717) is 18.3 Å². The van der Waals surface area contributed by atoms with Crippen LogP contribution in [0.25, 0.3) is 10.6 Å². The maximum absolute atomic E-state index is 12.7. The minimum absolute atomic E-state index is 0.154. The molecule has 0 unspecified atom stereocenters. The lowest BCUT2D eigenvalue weighted by atomic mass is 9.99. The molecule has 2 heterocycles. The van der Waals surface area contributed by atoms with Gasteiger partial charge in [0.05, 0.1) is 16.6 Å². The Hall–Kier alpha value is -2.64. The average Bonchev–Trinajstić information content (AvgIpc) is 3.54. The van der Waals surface area contributed by atoms with Crippen molar-refractivity contribution in [3.63, 3.8) is 0 Å². The molecule has 1 atom stereocenters. The van der Waals surface area contributed by atoms with E-state index in [4.69, 9.17) is 9.26 Å². The van der Waals surface area contributed by atoms with Crippen LogP contribution in [0.2, 0.25) is 0 Å². The number of carbonyl (C=O) groups is 1. The van der Waals surface area contributed by atoms with Gasteiger partial charge in [0, 0.05) is 19.6 Å². The Morgan fingerprint density at radius 2 is 2.10 bits per heavy atom. The Balaban J connectivity index is 1.36. The van der Waals surface area contributed by atoms with Crippen molar-refractivity contribution in [3.8, 4) is 16.5 Å². The standard InChI is InChI=1S/C24H29N3O3S/c1-17(14-18-8-3-4-9-18)25-16-19-10-5-6-11-20(19)27(2)24(28)29-23-15-21(30-26-23)22-12-7-13-31-22/h5-7,10-13,15,17-18,25H,3-4,8-9,14,16H2,1-2H3/t17-/m0/s1. The van der Waals surface area contributed by atoms with Gasteiger partial charge in [0.15, 0.2) is 5.76 Å². The number of carbonyl (C=O) groups excluding carboxylic acids is 1. The third-order valence-corrected chi connectivity index (χ3v) is 6.76. The summed E-state index contributed by atoms with van der Waals surface area (Å²) in [5.41, 5.74) is 1.87. The van der Waals surface area contributed by atoms with Gasteiger partial charge in [-0.1, -0.05) is 49.9 Å². The molecular formula is C24H29N3O3S. The minimum Gasteiger partial charge on any atom is -0.387 e. The largest absolute Gasteiger partial charge is 0.420 e. The van der Waals surface area contributed by atoms with Crippen LogP contribution in [0.3, 0.4) is 0 Å². The molecular weight excluding hydrogens is 410 g/mol. The van der Waals surface area contributed by atoms with Crippen LogP contribution in [0.4, 0.5) is 10.5 Å². The fraction of sp³-hybridized carbons (Fsp3) is 0.417. The number of hydrogen-bond donors (Lipinski definition) is 1. The van der Waals surface area contributed by atoms with Gasteiger partial charge in [-0.15, -0.1) is 11.3 Å². The molecule has 1 saturated carbocycles. The molecule has 7 heteroatoms. The fourth-order valence-electron chi connectivity index (χ4n) is 4.20. The molecule has 0 aliphatic heterocycles. The lowest BCUT2D eigenvalue weighted by Gasteiger charge is -2.22. The Bertz CT molecular complexity index is 980. The van der Waals surface area contributed by atoms with Crippen molar-refractivity contribution in [1.82, 2.24) is 10.5 Å². The topological polar surface area (TPSA) is 67.6 Å². The average molecular weight is 440 g/mol. The second-order valence-electron chi connectivity index (χ2n) is 8.23. The van der Waals surface area contributed by atoms with Crippen molar-refractivity contribution >= 4 is 23.1 Å². The summed E-state index contributed by atoms with van der Waals surface area (Å²) in [4.78, 5) is 15.2. The summed E-state index contributed by atoms with van der Waals surface area (Å²) < 4.78 is 10.7. The van der Waals surface area contributed by atoms with E-state index in [1.54, 1.807) is 13.1 Å². The monoisotopic (exact) mass is 439 g/mol. The maximum Gasteiger partial charge on any atom is 0.420 e. The van der Waals surface area contributed by atoms with Crippen LogP contribution in [-0.4, -0.2) is 24.3 Å². The van der Waals surface area contributed by atoms with Crippen LogP contribution in [0.5, 0.6) is 5.88 Å². The molecule has 31 heavy (non-hydrogen) atoms. The molecule has 1 aliphatic rings. The Labute approximate surface area is 187 Å². The predicted octanol–water partition coefficient (Wildman–Crippen LogP) is 6.10. The first-order valence-corrected chi connectivity index (χ1v) is 11.8. The fourth-order valence-corrected chi connectivity index (χ4v) is 4.87. The summed E-state index contributed by atoms with van der Waals surface area (Å²) in [5, 5.41) is 9.45. The van der Waals surface area contributed by atoms with Crippen molar-refractivity contribution < 1.29 is 14.1 Å². The molecule has 164 valence electrons. The molecule has 0 bridgehead atoms. The smallest absolute Gasteiger partial charge is 0.387 e. The summed E-state index contributed by atoms with van der Waals surface area (Å²) in [6.45, 7) is 2.95. The minimum atomic E-state index is -0.502. The van der Waals surface area contributed by atoms with Gasteiger partial charge in [0.2, 0.25) is 0 Å². The molecule has 0 radical (unpaired) electrons. The highest BCUT2D eigenvalue weighted by Crippen LogP contribution is 2.30. The van der Waals surface area contributed by atoms with Crippen LogP contribution in [0.15, 0.2) is 52.4 Å². The first-order valence-electron chi connectivity index (χ1n) is 10.9. The van der Waals surface area contributed by atoms with E-state index in [0.717, 1.165) is 22.0 Å². The molecule has 4 rings (SSSR count). The van der Waals surface area contributed by atoms with Crippen LogP contribution in [0, 0.1) is 5.92 Å². The van der Waals surface area contributed by atoms with Crippen molar-refractivity contribution in [2.45, 2.75) is 51.6 Å². The van der Waals surface area contributed by atoms with Crippen molar-refractivity contribution in [2.24, 2.45) is 5.92 Å². The van der Waals surface area contributed by atoms with Gasteiger partial charge < -0.3 is 14.6 Å². The number of nitrogens with one attached hydrogen (secondary N) is 1. The predicted molar refractivity (Wildman–Crippen MR) is 124 cm³/mol. The lowest BCUT2D eigenvalue weighted by Crippen LogP contribution is -2.32. The van der Waals surface area contributed by atoms with Crippen LogP contribution >= 0.6 is 11.3 Å². The molecule has 0 saturated heterocycles. The highest BCUT2D eigenvalue weighted by Gasteiger charge is 2.20. The summed E-state index contributed by atoms with van der Waals surface area (Å²) in [5.74, 6) is 1.58. The Kier molecular flexibility index (Phi) is 7.04. The number of benzene rings is 1. The number of nitrogens with zero attached hydrogens (tertiary/aromatic N) is 2. The van der Waals surface area contributed by atoms with Crippen LogP contribution in [0.1, 0.15) is 44.6 Å². The number of hydrogen-bond acceptors (Lipinski definition) is 6. The molecule has 1 fully saturated rings. The normalized spacial score (nSPS) is 15.2. The zero-order valence-electron chi connectivity index (χ0n) is 18.0. The highest BCUT2D eigenvalue weighted by molar-refractivity contribution is 7.13. The van der Waals surface area contributed by atoms with Gasteiger partial charge in [0.1, 0.15) is 0 Å². The molecule has 1 aromatic carbocycles. The maximum atomic E-state index is 12.7. The molecule has 2 aromatic heterocycles. The zero-order chi connectivity index (χ0) is 21.6. The van der Waals surface area contributed by atoms with Crippen molar-refractivity contribution in [1.29, 1.82) is 0 Å². The Morgan fingerprint density at radius 3 is 2.87 bits per heavy atom. The second-order valence-corrected chi connectivity index (χ2v) is 9.18. The molecule has 1 N–H and O–H groups in total. The third-order valence-electron chi connectivity index (χ3n) is 5.87. The van der Waals surface area contributed by atoms with E-state index in [9.17, 15) is 4.79 Å². The number of rotatable bonds is 8. The molecule has 6 nitrogen and oxygen atoms in total. The zero-order valence-corrected chi connectivity index (χ0v) is 18.9. The van der Waals surface area contributed by atoms with Gasteiger partial charge in [0.25, 0.3) is 5.88 Å². The number of aromatic nitrogens is 1. The van der Waals surface area contributed by atoms with Gasteiger partial charge in [-0.25, -0.2) is 4.79 Å². The molecule has 3 aromatic rings. The summed E-state index contributed by atoms with van der Waals surface area (Å²) >= 11 is 1.54. The van der Waals surface area contributed by atoms with Gasteiger partial charge in [-0.3, -0.25) is 4.90 Å². The SMILES string of the molecule is C[C@@H](CC1CCCC1)NCc1ccccc1N(C)C(=O)Oc1cc(-c2cccs2)on1. The van der Waals surface area contributed by atoms with Crippen LogP contribution < -0.4 is 15.0 Å². The van der Waals surface area contributed by atoms with Crippen LogP contribution in [-0.2, 0) is 6.54 Å². The first-order chi connectivity index (χ1) is 15.1. The van der Waals surface area contributed by atoms with Gasteiger partial charge >= 0.3 is 6.09 Å². The summed E-state index contributed by atoms with van der Waals surface area (Å²) in [6, 6.07) is 13.8. The quantitative estimate of drug-likeness (QED) is 0.459. The van der Waals surface area contributed by atoms with Crippen molar-refractivity contribution in [3.05, 3.63) is 53.4 Å². The van der Waals surface area contributed by atoms with E-state index in [1.807, 2.05) is 41.8 Å². The number of amides is 1. The van der Waals surface area contributed by atoms with E-state index in [-0.39, 0.29) is 5.88 Å². The number of anilines is 1. The first kappa shape index (κ1) is 21.6. The Morgan fingerprint density at radius 1 is 1.29 bits per heavy atom. The molecule has 0 spiro atoms. The molecule has 1 amide bonds. The van der Waals surface area contributed by atoms with Gasteiger partial charge in [-0.2, -0.15) is 0 Å². The number of para-hydroxylation sites is 1. The van der Waals surface area contributed by atoms with E-state index < -0.39 is 6.09 Å². The molecule has 1 aliphatic carbocycles. The summed E-state index contributed by atoms with van der Waals surface area (Å²) in [6.07, 6.45) is 6.15. The van der Waals surface area contributed by atoms with Crippen molar-refractivity contribution in [2.75, 3.05) is 11.9 Å². The van der Waals surface area contributed by atoms with E-state index >= 15 is 0 Å². The number of ether oxygens (including phenoxy) is 1. The lowest BCUT2D eigenvalue weighted by molar-refractivity contribution is 0.204. The number of thiophene rings is 1. The summed E-state index contributed by atoms with van der Waals surface area (Å²) in [7, 11) is 1.71. The van der Waals surface area contributed by atoms with Gasteiger partial charge in [-0.05, 0) is 47.5 Å². The third kappa shape index (κ3) is 5.54. The van der Waals surface area contributed by atoms with E-state index in [2.05, 4.69) is 17.4 Å². The highest BCUT2D eigenvalue weighted by atomic mass is 32.1. The van der Waals surface area contributed by atoms with E-state index in [1.165, 1.54) is 48.3 Å². The second kappa shape index (κ2) is 10.1.